The zero-order chi connectivity index (χ0) is 13.7. The molecule has 0 spiro atoms. The maximum Gasteiger partial charge on any atom is 0.276 e. The van der Waals surface area contributed by atoms with E-state index in [0.717, 1.165) is 0 Å². The predicted octanol–water partition coefficient (Wildman–Crippen LogP) is 1.19. The Kier molecular flexibility index (Phi) is 4.19. The first-order chi connectivity index (χ1) is 8.51. The fraction of sp³-hybridized carbons (Fsp3) is 0.200. The van der Waals surface area contributed by atoms with Crippen molar-refractivity contribution >= 4 is 11.8 Å². The first-order valence-corrected chi connectivity index (χ1v) is 4.84. The Morgan fingerprint density at radius 1 is 0.833 bits per heavy atom. The third kappa shape index (κ3) is 2.73. The fourth-order valence-corrected chi connectivity index (χ4v) is 1.20. The Bertz CT molecular complexity index is 440. The molecule has 0 saturated carbocycles. The quantitative estimate of drug-likeness (QED) is 0.591. The summed E-state index contributed by atoms with van der Waals surface area (Å²) in [5.41, 5.74) is 0.408. The second-order valence-electron chi connectivity index (χ2n) is 3.40. The molecule has 0 fully saturated rings. The molecule has 8 heteroatoms. The molecule has 1 aromatic rings. The van der Waals surface area contributed by atoms with E-state index in [9.17, 15) is 19.4 Å². The molecule has 0 aliphatic carbocycles. The van der Waals surface area contributed by atoms with Gasteiger partial charge < -0.3 is 0 Å². The van der Waals surface area contributed by atoms with Crippen LogP contribution in [0, 0.1) is 9.81 Å². The summed E-state index contributed by atoms with van der Waals surface area (Å²) in [6.07, 6.45) is 0. The minimum Gasteiger partial charge on any atom is -0.267 e. The van der Waals surface area contributed by atoms with Gasteiger partial charge in [0, 0.05) is 25.2 Å². The standard InChI is InChI=1S/C10H10N4O4/c1-13(11-17)9(15)7-3-5-8(6-4-7)10(16)14(2)12-18/h3-6H,1-2H3. The summed E-state index contributed by atoms with van der Waals surface area (Å²) in [7, 11) is 2.44. The van der Waals surface area contributed by atoms with Crippen molar-refractivity contribution in [1.82, 2.24) is 10.0 Å². The number of hydrogen-bond donors (Lipinski definition) is 0. The van der Waals surface area contributed by atoms with Crippen LogP contribution in [0.2, 0.25) is 0 Å². The maximum absolute atomic E-state index is 11.5. The van der Waals surface area contributed by atoms with E-state index < -0.39 is 11.8 Å². The van der Waals surface area contributed by atoms with E-state index in [4.69, 9.17) is 0 Å². The van der Waals surface area contributed by atoms with Gasteiger partial charge in [0.05, 0.1) is 10.6 Å². The zero-order valence-corrected chi connectivity index (χ0v) is 9.73. The summed E-state index contributed by atoms with van der Waals surface area (Å²) >= 11 is 0. The largest absolute Gasteiger partial charge is 0.276 e. The molecule has 2 amide bonds. The lowest BCUT2D eigenvalue weighted by Crippen LogP contribution is -2.22. The molecule has 1 rings (SSSR count). The molecule has 8 nitrogen and oxygen atoms in total. The lowest BCUT2D eigenvalue weighted by atomic mass is 10.1. The Morgan fingerprint density at radius 2 is 1.11 bits per heavy atom. The first-order valence-electron chi connectivity index (χ1n) is 4.84. The van der Waals surface area contributed by atoms with Crippen molar-refractivity contribution in [3.8, 4) is 0 Å². The molecule has 0 aromatic heterocycles. The Morgan fingerprint density at radius 3 is 1.33 bits per heavy atom. The molecule has 0 bridgehead atoms. The van der Waals surface area contributed by atoms with Crippen molar-refractivity contribution in [3.63, 3.8) is 0 Å². The van der Waals surface area contributed by atoms with Crippen molar-refractivity contribution in [3.05, 3.63) is 45.2 Å². The lowest BCUT2D eigenvalue weighted by Gasteiger charge is -2.09. The van der Waals surface area contributed by atoms with Crippen LogP contribution in [0.25, 0.3) is 0 Å². The van der Waals surface area contributed by atoms with Crippen LogP contribution in [0.1, 0.15) is 20.7 Å². The van der Waals surface area contributed by atoms with Crippen molar-refractivity contribution in [1.29, 1.82) is 0 Å². The second-order valence-corrected chi connectivity index (χ2v) is 3.40. The molecule has 0 unspecified atom stereocenters. The van der Waals surface area contributed by atoms with Gasteiger partial charge in [-0.05, 0) is 24.3 Å². The normalized spacial score (nSPS) is 9.44. The second kappa shape index (κ2) is 5.62. The smallest absolute Gasteiger partial charge is 0.267 e. The number of rotatable bonds is 4. The molecule has 1 aromatic carbocycles. The van der Waals surface area contributed by atoms with Crippen molar-refractivity contribution in [2.45, 2.75) is 0 Å². The van der Waals surface area contributed by atoms with Crippen LogP contribution in [0.5, 0.6) is 0 Å². The van der Waals surface area contributed by atoms with Gasteiger partial charge in [-0.25, -0.2) is 0 Å². The summed E-state index contributed by atoms with van der Waals surface area (Å²) in [5.74, 6) is -1.18. The molecule has 94 valence electrons. The number of amides is 2. The number of nitrogens with zero attached hydrogens (tertiary/aromatic N) is 4. The minimum absolute atomic E-state index is 0.204. The van der Waals surface area contributed by atoms with Gasteiger partial charge in [-0.3, -0.25) is 9.59 Å². The highest BCUT2D eigenvalue weighted by Crippen LogP contribution is 2.09. The highest BCUT2D eigenvalue weighted by Gasteiger charge is 2.15. The SMILES string of the molecule is CN(N=O)C(=O)c1ccc(C(=O)N(C)N=O)cc1. The average Bonchev–Trinajstić information content (AvgIpc) is 2.44. The van der Waals surface area contributed by atoms with Crippen molar-refractivity contribution in [2.75, 3.05) is 14.1 Å². The van der Waals surface area contributed by atoms with E-state index in [1.165, 1.54) is 38.4 Å². The molecular weight excluding hydrogens is 240 g/mol. The van der Waals surface area contributed by atoms with Gasteiger partial charge >= 0.3 is 0 Å². The number of nitroso groups, excluding NO2 is 2. The Hall–Kier alpha value is -2.64. The van der Waals surface area contributed by atoms with Crippen molar-refractivity contribution in [2.24, 2.45) is 10.6 Å². The average molecular weight is 250 g/mol. The maximum atomic E-state index is 11.5. The van der Waals surface area contributed by atoms with E-state index >= 15 is 0 Å². The van der Waals surface area contributed by atoms with E-state index in [0.29, 0.717) is 10.0 Å². The Labute approximate surface area is 102 Å². The molecule has 0 atom stereocenters. The van der Waals surface area contributed by atoms with Gasteiger partial charge in [-0.2, -0.15) is 10.0 Å². The molecule has 0 aliphatic heterocycles. The molecule has 18 heavy (non-hydrogen) atoms. The third-order valence-electron chi connectivity index (χ3n) is 2.21. The van der Waals surface area contributed by atoms with Crippen LogP contribution >= 0.6 is 0 Å². The summed E-state index contributed by atoms with van der Waals surface area (Å²) in [4.78, 5) is 43.4. The van der Waals surface area contributed by atoms with Gasteiger partial charge in [0.15, 0.2) is 0 Å². The van der Waals surface area contributed by atoms with Gasteiger partial charge in [0.25, 0.3) is 11.8 Å². The van der Waals surface area contributed by atoms with Crippen LogP contribution in [0.4, 0.5) is 0 Å². The van der Waals surface area contributed by atoms with Gasteiger partial charge in [-0.1, -0.05) is 0 Å². The van der Waals surface area contributed by atoms with Crippen LogP contribution in [-0.4, -0.2) is 35.9 Å². The minimum atomic E-state index is -0.592. The number of hydrogen-bond acceptors (Lipinski definition) is 6. The molecule has 0 saturated heterocycles. The number of benzene rings is 1. The van der Waals surface area contributed by atoms with Gasteiger partial charge in [-0.15, -0.1) is 9.81 Å². The van der Waals surface area contributed by atoms with E-state index in [1.807, 2.05) is 0 Å². The highest BCUT2D eigenvalue weighted by molar-refractivity contribution is 5.97. The summed E-state index contributed by atoms with van der Waals surface area (Å²) in [6.45, 7) is 0. The lowest BCUT2D eigenvalue weighted by molar-refractivity contribution is 0.0785. The first kappa shape index (κ1) is 13.4. The van der Waals surface area contributed by atoms with Crippen LogP contribution in [0.3, 0.4) is 0 Å². The summed E-state index contributed by atoms with van der Waals surface area (Å²) in [5, 5.41) is 6.20. The third-order valence-corrected chi connectivity index (χ3v) is 2.21. The zero-order valence-electron chi connectivity index (χ0n) is 9.73. The topological polar surface area (TPSA) is 99.5 Å². The summed E-state index contributed by atoms with van der Waals surface area (Å²) < 4.78 is 0. The van der Waals surface area contributed by atoms with E-state index in [2.05, 4.69) is 10.6 Å². The highest BCUT2D eigenvalue weighted by atomic mass is 16.3. The molecule has 0 aliphatic rings. The van der Waals surface area contributed by atoms with Crippen LogP contribution < -0.4 is 0 Å². The van der Waals surface area contributed by atoms with E-state index in [1.54, 1.807) is 0 Å². The fourth-order valence-electron chi connectivity index (χ4n) is 1.20. The van der Waals surface area contributed by atoms with Gasteiger partial charge in [0.2, 0.25) is 0 Å². The van der Waals surface area contributed by atoms with E-state index in [-0.39, 0.29) is 11.1 Å². The summed E-state index contributed by atoms with van der Waals surface area (Å²) in [6, 6.07) is 5.43. The van der Waals surface area contributed by atoms with Gasteiger partial charge in [0.1, 0.15) is 0 Å². The predicted molar refractivity (Wildman–Crippen MR) is 62.2 cm³/mol. The monoisotopic (exact) mass is 250 g/mol. The van der Waals surface area contributed by atoms with Crippen LogP contribution in [-0.2, 0) is 0 Å². The number of carbonyl (C=O) groups excluding carboxylic acids is 2. The Balaban J connectivity index is 2.93. The number of carbonyl (C=O) groups is 2. The molecule has 0 N–H and O–H groups in total. The molecular formula is C10H10N4O4. The van der Waals surface area contributed by atoms with Crippen LogP contribution in [0.15, 0.2) is 34.8 Å². The molecule has 0 heterocycles. The van der Waals surface area contributed by atoms with Crippen molar-refractivity contribution < 1.29 is 9.59 Å². The molecule has 0 radical (unpaired) electrons.